The molecule has 10 aromatic carbocycles. The van der Waals surface area contributed by atoms with Crippen LogP contribution >= 0.6 is 0 Å². The summed E-state index contributed by atoms with van der Waals surface area (Å²) in [7, 11) is 0. The monoisotopic (exact) mass is 1130 g/mol. The number of fused-ring (bicyclic) bond motifs is 6. The summed E-state index contributed by atoms with van der Waals surface area (Å²) < 4.78 is 16.2. The fourth-order valence-electron chi connectivity index (χ4n) is 13.0. The average Bonchev–Trinajstić information content (AvgIpc) is 1.65. The topological polar surface area (TPSA) is 46.7 Å². The van der Waals surface area contributed by atoms with Crippen LogP contribution in [-0.4, -0.2) is 16.2 Å². The molecule has 87 heavy (non-hydrogen) atoms. The molecule has 4 heterocycles. The highest BCUT2D eigenvalue weighted by Crippen LogP contribution is 2.53. The van der Waals surface area contributed by atoms with E-state index in [0.717, 1.165) is 89.5 Å². The van der Waals surface area contributed by atoms with Crippen LogP contribution in [0.1, 0.15) is 102 Å². The molecule has 1 aliphatic heterocycles. The fraction of sp³-hybridized carbons (Fsp3) is 0.173. The maximum absolute atomic E-state index is 7.35. The molecule has 428 valence electrons. The largest absolute Gasteiger partial charge is 0.457 e. The third-order valence-electron chi connectivity index (χ3n) is 17.5. The van der Waals surface area contributed by atoms with Gasteiger partial charge in [-0.05, 0) is 163 Å². The predicted molar refractivity (Wildman–Crippen MR) is 365 cm³/mol. The highest BCUT2D eigenvalue weighted by atomic mass is 16.5. The number of hydrogen-bond donors (Lipinski definition) is 0. The Morgan fingerprint density at radius 3 is 1.76 bits per heavy atom. The van der Waals surface area contributed by atoms with E-state index >= 15 is 0 Å². The van der Waals surface area contributed by atoms with Gasteiger partial charge in [0.2, 0.25) is 0 Å². The second kappa shape index (κ2) is 22.2. The average molecular weight is 1130 g/mol. The molecule has 0 fully saturated rings. The smallest absolute Gasteiger partial charge is 0.161 e. The second-order valence-corrected chi connectivity index (χ2v) is 25.4. The van der Waals surface area contributed by atoms with Crippen molar-refractivity contribution in [2.75, 3.05) is 16.5 Å². The molecule has 3 aromatic heterocycles. The number of nitrogens with zero attached hydrogens (tertiary/aromatic N) is 4. The molecule has 0 aliphatic carbocycles. The fourth-order valence-corrected chi connectivity index (χ4v) is 13.0. The van der Waals surface area contributed by atoms with Gasteiger partial charge in [0.1, 0.15) is 35.1 Å². The zero-order valence-corrected chi connectivity index (χ0v) is 51.1. The van der Waals surface area contributed by atoms with Crippen molar-refractivity contribution in [2.24, 2.45) is 0 Å². The zero-order valence-electron chi connectivity index (χ0n) is 51.1. The minimum atomic E-state index is -0.112. The highest BCUT2D eigenvalue weighted by molar-refractivity contribution is 6.16. The van der Waals surface area contributed by atoms with Crippen LogP contribution in [0.3, 0.4) is 0 Å². The third kappa shape index (κ3) is 10.1. The van der Waals surface area contributed by atoms with Gasteiger partial charge >= 0.3 is 0 Å². The first kappa shape index (κ1) is 55.0. The number of aromatic nitrogens is 2. The number of furan rings is 1. The van der Waals surface area contributed by atoms with Gasteiger partial charge < -0.3 is 19.0 Å². The lowest BCUT2D eigenvalue weighted by atomic mass is 9.81. The van der Waals surface area contributed by atoms with Crippen LogP contribution in [0.4, 0.5) is 22.7 Å². The molecule has 13 aromatic rings. The first-order valence-electron chi connectivity index (χ1n) is 30.8. The molecule has 0 unspecified atom stereocenters. The van der Waals surface area contributed by atoms with Crippen molar-refractivity contribution < 1.29 is 9.15 Å². The Labute approximate surface area is 511 Å². The lowest BCUT2D eigenvalue weighted by molar-refractivity contribution is 0.483. The van der Waals surface area contributed by atoms with E-state index in [-0.39, 0.29) is 17.3 Å². The molecule has 0 bridgehead atoms. The van der Waals surface area contributed by atoms with Gasteiger partial charge in [-0.1, -0.05) is 214 Å². The molecule has 1 aliphatic rings. The molecule has 0 spiro atoms. The van der Waals surface area contributed by atoms with E-state index in [2.05, 4.69) is 289 Å². The summed E-state index contributed by atoms with van der Waals surface area (Å²) in [4.78, 5) is 9.95. The van der Waals surface area contributed by atoms with Crippen molar-refractivity contribution >= 4 is 55.7 Å². The number of hydrogen-bond acceptors (Lipinski definition) is 5. The van der Waals surface area contributed by atoms with Gasteiger partial charge in [0.05, 0.1) is 22.6 Å². The molecule has 0 saturated heterocycles. The second-order valence-electron chi connectivity index (χ2n) is 25.4. The molecule has 14 rings (SSSR count). The maximum atomic E-state index is 7.35. The third-order valence-corrected chi connectivity index (χ3v) is 17.5. The highest BCUT2D eigenvalue weighted by Gasteiger charge is 2.33. The Bertz CT molecular complexity index is 4690. The van der Waals surface area contributed by atoms with Crippen LogP contribution in [0.5, 0.6) is 11.5 Å². The van der Waals surface area contributed by atoms with Gasteiger partial charge in [0.25, 0.3) is 0 Å². The molecular formula is C81H72N4O2. The molecule has 0 amide bonds. The van der Waals surface area contributed by atoms with E-state index < -0.39 is 0 Å². The minimum Gasteiger partial charge on any atom is -0.457 e. The first-order valence-corrected chi connectivity index (χ1v) is 30.8. The normalized spacial score (nSPS) is 12.6. The van der Waals surface area contributed by atoms with Crippen LogP contribution in [0, 0.1) is 0 Å². The van der Waals surface area contributed by atoms with E-state index in [9.17, 15) is 0 Å². The molecule has 0 atom stereocenters. The molecular weight excluding hydrogens is 1060 g/mol. The van der Waals surface area contributed by atoms with Gasteiger partial charge in [-0.3, -0.25) is 4.57 Å². The van der Waals surface area contributed by atoms with Gasteiger partial charge in [-0.15, -0.1) is 0 Å². The van der Waals surface area contributed by atoms with Crippen molar-refractivity contribution in [3.63, 3.8) is 0 Å². The summed E-state index contributed by atoms with van der Waals surface area (Å²) in [5.74, 6) is 3.16. The molecule has 0 saturated carbocycles. The van der Waals surface area contributed by atoms with Crippen LogP contribution in [0.2, 0.25) is 0 Å². The first-order chi connectivity index (χ1) is 42.2. The number of rotatable bonds is 13. The minimum absolute atomic E-state index is 0.112. The van der Waals surface area contributed by atoms with Crippen molar-refractivity contribution in [3.8, 4) is 73.0 Å². The molecule has 6 nitrogen and oxygen atoms in total. The summed E-state index contributed by atoms with van der Waals surface area (Å²) in [6.45, 7) is 21.4. The molecule has 6 heteroatoms. The summed E-state index contributed by atoms with van der Waals surface area (Å²) >= 11 is 0. The van der Waals surface area contributed by atoms with Gasteiger partial charge in [0.15, 0.2) is 5.58 Å². The summed E-state index contributed by atoms with van der Waals surface area (Å²) in [6, 6.07) is 86.1. The maximum Gasteiger partial charge on any atom is 0.161 e. The Morgan fingerprint density at radius 1 is 0.460 bits per heavy atom. The van der Waals surface area contributed by atoms with Crippen LogP contribution in [-0.2, 0) is 5.41 Å². The Kier molecular flexibility index (Phi) is 14.0. The van der Waals surface area contributed by atoms with Gasteiger partial charge in [0, 0.05) is 45.9 Å². The van der Waals surface area contributed by atoms with Crippen molar-refractivity contribution in [1.82, 2.24) is 9.55 Å². The Balaban J connectivity index is 0.975. The predicted octanol–water partition coefficient (Wildman–Crippen LogP) is 23.0. The zero-order chi connectivity index (χ0) is 59.7. The van der Waals surface area contributed by atoms with Gasteiger partial charge in [-0.2, -0.15) is 0 Å². The van der Waals surface area contributed by atoms with E-state index in [1.54, 1.807) is 0 Å². The van der Waals surface area contributed by atoms with Crippen LogP contribution in [0.25, 0.3) is 94.4 Å². The summed E-state index contributed by atoms with van der Waals surface area (Å²) in [5, 5.41) is 2.02. The quantitative estimate of drug-likeness (QED) is 0.115. The Morgan fingerprint density at radius 2 is 1.07 bits per heavy atom. The van der Waals surface area contributed by atoms with Crippen molar-refractivity contribution in [1.29, 1.82) is 0 Å². The van der Waals surface area contributed by atoms with E-state index in [4.69, 9.17) is 14.1 Å². The van der Waals surface area contributed by atoms with E-state index in [1.807, 2.05) is 30.5 Å². The summed E-state index contributed by atoms with van der Waals surface area (Å²) in [5.41, 5.74) is 25.0. The Hall–Kier alpha value is -9.91. The lowest BCUT2D eigenvalue weighted by Gasteiger charge is -2.29. The summed E-state index contributed by atoms with van der Waals surface area (Å²) in [6.07, 6.45) is 1.85. The standard InChI is InChI=1S/C81H72N4O2/c1-51(2)58-46-70(52(3)4)77(71(47-58)53(5)6)61-44-63(48-65(45-61)86-64-37-38-68-74(49-64)85(76-36-20-21-39-82-76)79-69-30-16-19-35-75(69)87-80(68)79)83-50-84(73-34-18-17-33-72(73)83)78-66(57-29-22-28-56(40-57)54-24-12-10-13-25-54)31-23-32-67(78)60-41-59(55-26-14-11-15-27-55)42-62(43-60)81(7,8)9/h10-49,51-53H,50H2,1-9H3. The van der Waals surface area contributed by atoms with E-state index in [1.165, 1.54) is 55.6 Å². The van der Waals surface area contributed by atoms with Gasteiger partial charge in [-0.25, -0.2) is 4.98 Å². The number of para-hydroxylation sites is 4. The number of benzene rings is 10. The molecule has 0 radical (unpaired) electrons. The number of pyridine rings is 1. The lowest BCUT2D eigenvalue weighted by Crippen LogP contribution is -2.25. The van der Waals surface area contributed by atoms with Crippen molar-refractivity contribution in [2.45, 2.75) is 85.5 Å². The number of ether oxygens (including phenoxy) is 1. The van der Waals surface area contributed by atoms with Crippen molar-refractivity contribution in [3.05, 3.63) is 265 Å². The van der Waals surface area contributed by atoms with Crippen LogP contribution in [0.15, 0.2) is 247 Å². The van der Waals surface area contributed by atoms with E-state index in [0.29, 0.717) is 18.3 Å². The van der Waals surface area contributed by atoms with Crippen LogP contribution < -0.4 is 14.5 Å². The molecule has 0 N–H and O–H groups in total. The SMILES string of the molecule is CC(C)c1cc(C(C)C)c(-c2cc(Oc3ccc4c5oc6ccccc6c5n(-c5ccccn5)c4c3)cc(N3CN(c4c(-c5cccc(-c6ccccc6)c5)cccc4-c4cc(-c5ccccc5)cc(C(C)(C)C)c4)c4ccccc43)c2)c(C(C)C)c1. The number of anilines is 4.